The normalized spacial score (nSPS) is 11.9. The molecule has 0 saturated carbocycles. The van der Waals surface area contributed by atoms with Crippen LogP contribution in [0.25, 0.3) is 209 Å². The standard InChI is InChI=1S/C96H58O2/c1-3-23-61(24-4-1)83-57-90-85(72-28-17-18-43-89(72)97-90)55-87(83)94-77-33-13-11-31-75(77)93(76-32-12-14-34-78(76)94)65-51-47-63(48-52-65)68-37-19-39-70-69(68)38-20-40-71(70)81-41-21-42-82-86-56-88(84(58-91(86)98-96(81)82)62-25-5-2-6-26-62)95-79-35-15-9-29-73(79)92(74-30-10-16-36-80(74)95)64-49-44-60(45-50-64)67-53-46-59-22-7-8-27-66(59)54-67/h1-58H. The third-order valence-corrected chi connectivity index (χ3v) is 20.7. The van der Waals surface area contributed by atoms with E-state index in [1.165, 1.54) is 115 Å². The Hall–Kier alpha value is -12.9. The number of rotatable bonds is 9. The van der Waals surface area contributed by atoms with E-state index in [0.717, 1.165) is 93.8 Å². The first-order chi connectivity index (χ1) is 48.6. The van der Waals surface area contributed by atoms with Gasteiger partial charge in [0.25, 0.3) is 0 Å². The fourth-order valence-electron chi connectivity index (χ4n) is 16.2. The molecule has 0 unspecified atom stereocenters. The van der Waals surface area contributed by atoms with Gasteiger partial charge in [0.2, 0.25) is 0 Å². The van der Waals surface area contributed by atoms with Crippen LogP contribution in [0.15, 0.2) is 361 Å². The summed E-state index contributed by atoms with van der Waals surface area (Å²) in [6, 6.07) is 129. The molecule has 0 aliphatic heterocycles. The van der Waals surface area contributed by atoms with Crippen molar-refractivity contribution in [3.63, 3.8) is 0 Å². The molecule has 20 rings (SSSR count). The van der Waals surface area contributed by atoms with Crippen LogP contribution >= 0.6 is 0 Å². The van der Waals surface area contributed by atoms with Crippen molar-refractivity contribution in [3.05, 3.63) is 352 Å². The van der Waals surface area contributed by atoms with E-state index in [1.807, 2.05) is 6.07 Å². The molecule has 0 spiro atoms. The van der Waals surface area contributed by atoms with Crippen molar-refractivity contribution in [3.8, 4) is 100 Å². The molecule has 0 amide bonds. The van der Waals surface area contributed by atoms with Crippen LogP contribution in [0.3, 0.4) is 0 Å². The van der Waals surface area contributed by atoms with Crippen molar-refractivity contribution in [2.24, 2.45) is 0 Å². The molecular formula is C96H58O2. The quantitative estimate of drug-likeness (QED) is 0.135. The van der Waals surface area contributed by atoms with Crippen LogP contribution in [-0.2, 0) is 0 Å². The van der Waals surface area contributed by atoms with E-state index in [1.54, 1.807) is 0 Å². The van der Waals surface area contributed by atoms with Crippen molar-refractivity contribution < 1.29 is 8.83 Å². The first kappa shape index (κ1) is 55.6. The minimum absolute atomic E-state index is 0.851. The molecule has 0 atom stereocenters. The molecule has 0 radical (unpaired) electrons. The minimum atomic E-state index is 0.851. The smallest absolute Gasteiger partial charge is 0.143 e. The van der Waals surface area contributed by atoms with Gasteiger partial charge < -0.3 is 8.83 Å². The van der Waals surface area contributed by atoms with Gasteiger partial charge in [-0.1, -0.05) is 315 Å². The number of hydrogen-bond acceptors (Lipinski definition) is 2. The second-order valence-electron chi connectivity index (χ2n) is 26.0. The van der Waals surface area contributed by atoms with Crippen molar-refractivity contribution in [2.45, 2.75) is 0 Å². The molecule has 2 nitrogen and oxygen atoms in total. The summed E-state index contributed by atoms with van der Waals surface area (Å²) >= 11 is 0. The summed E-state index contributed by atoms with van der Waals surface area (Å²) in [5.74, 6) is 0. The lowest BCUT2D eigenvalue weighted by Crippen LogP contribution is -1.93. The fourth-order valence-corrected chi connectivity index (χ4v) is 16.2. The van der Waals surface area contributed by atoms with Crippen molar-refractivity contribution in [2.75, 3.05) is 0 Å². The van der Waals surface area contributed by atoms with Crippen LogP contribution in [0, 0.1) is 0 Å². The third kappa shape index (κ3) is 8.82. The van der Waals surface area contributed by atoms with Gasteiger partial charge in [-0.25, -0.2) is 0 Å². The van der Waals surface area contributed by atoms with Crippen LogP contribution in [0.2, 0.25) is 0 Å². The van der Waals surface area contributed by atoms with Gasteiger partial charge in [0.15, 0.2) is 0 Å². The molecule has 0 fully saturated rings. The van der Waals surface area contributed by atoms with Gasteiger partial charge in [0, 0.05) is 27.1 Å². The highest BCUT2D eigenvalue weighted by atomic mass is 16.3. The van der Waals surface area contributed by atoms with Gasteiger partial charge in [0.1, 0.15) is 22.3 Å². The Morgan fingerprint density at radius 2 is 0.510 bits per heavy atom. The largest absolute Gasteiger partial charge is 0.456 e. The van der Waals surface area contributed by atoms with Gasteiger partial charge >= 0.3 is 0 Å². The Bertz CT molecular complexity index is 6520. The van der Waals surface area contributed by atoms with Gasteiger partial charge in [-0.2, -0.15) is 0 Å². The first-order valence-corrected chi connectivity index (χ1v) is 33.8. The molecule has 2 heteroatoms. The zero-order chi connectivity index (χ0) is 64.4. The maximum atomic E-state index is 7.27. The molecule has 2 aromatic heterocycles. The topological polar surface area (TPSA) is 26.3 Å². The molecule has 0 saturated heterocycles. The summed E-state index contributed by atoms with van der Waals surface area (Å²) in [5.41, 5.74) is 24.5. The van der Waals surface area contributed by atoms with Gasteiger partial charge in [-0.05, 0) is 196 Å². The molecule has 454 valence electrons. The number of para-hydroxylation sites is 2. The highest BCUT2D eigenvalue weighted by Crippen LogP contribution is 2.52. The lowest BCUT2D eigenvalue weighted by atomic mass is 9.83. The average molecular weight is 1240 g/mol. The number of benzene rings is 18. The lowest BCUT2D eigenvalue weighted by Gasteiger charge is -2.20. The average Bonchev–Trinajstić information content (AvgIpc) is 1.02. The maximum absolute atomic E-state index is 7.27. The fraction of sp³-hybridized carbons (Fsp3) is 0. The van der Waals surface area contributed by atoms with Gasteiger partial charge in [0.05, 0.1) is 0 Å². The summed E-state index contributed by atoms with van der Waals surface area (Å²) in [7, 11) is 0. The maximum Gasteiger partial charge on any atom is 0.143 e. The Morgan fingerprint density at radius 1 is 0.143 bits per heavy atom. The molecular weight excluding hydrogens is 1190 g/mol. The predicted molar refractivity (Wildman–Crippen MR) is 415 cm³/mol. The Kier molecular flexibility index (Phi) is 12.7. The molecule has 0 aliphatic rings. The summed E-state index contributed by atoms with van der Waals surface area (Å²) < 4.78 is 13.8. The van der Waals surface area contributed by atoms with Crippen LogP contribution in [0.1, 0.15) is 0 Å². The Balaban J connectivity index is 0.701. The van der Waals surface area contributed by atoms with E-state index in [0.29, 0.717) is 0 Å². The highest BCUT2D eigenvalue weighted by Gasteiger charge is 2.25. The van der Waals surface area contributed by atoms with Crippen LogP contribution < -0.4 is 0 Å². The summed E-state index contributed by atoms with van der Waals surface area (Å²) in [6.45, 7) is 0. The summed E-state index contributed by atoms with van der Waals surface area (Å²) in [4.78, 5) is 0. The molecule has 18 aromatic carbocycles. The molecule has 98 heavy (non-hydrogen) atoms. The lowest BCUT2D eigenvalue weighted by molar-refractivity contribution is 0.669. The van der Waals surface area contributed by atoms with Crippen molar-refractivity contribution >= 4 is 109 Å². The zero-order valence-corrected chi connectivity index (χ0v) is 53.3. The van der Waals surface area contributed by atoms with Gasteiger partial charge in [-0.3, -0.25) is 0 Å². The number of furan rings is 2. The third-order valence-electron chi connectivity index (χ3n) is 20.7. The van der Waals surface area contributed by atoms with E-state index >= 15 is 0 Å². The van der Waals surface area contributed by atoms with Gasteiger partial charge in [-0.15, -0.1) is 0 Å². The summed E-state index contributed by atoms with van der Waals surface area (Å²) in [5, 5.41) is 18.9. The molecule has 20 aromatic rings. The highest BCUT2D eigenvalue weighted by molar-refractivity contribution is 6.26. The second kappa shape index (κ2) is 22.4. The monoisotopic (exact) mass is 1240 g/mol. The van der Waals surface area contributed by atoms with Crippen LogP contribution in [-0.4, -0.2) is 0 Å². The first-order valence-electron chi connectivity index (χ1n) is 33.8. The molecule has 0 aliphatic carbocycles. The number of hydrogen-bond donors (Lipinski definition) is 0. The Morgan fingerprint density at radius 3 is 1.05 bits per heavy atom. The Labute approximate surface area is 565 Å². The van der Waals surface area contributed by atoms with Crippen LogP contribution in [0.5, 0.6) is 0 Å². The van der Waals surface area contributed by atoms with Crippen molar-refractivity contribution in [1.82, 2.24) is 0 Å². The second-order valence-corrected chi connectivity index (χ2v) is 26.0. The number of fused-ring (bicyclic) bond motifs is 12. The molecule has 0 bridgehead atoms. The predicted octanol–water partition coefficient (Wildman–Crippen LogP) is 27.4. The van der Waals surface area contributed by atoms with E-state index < -0.39 is 0 Å². The van der Waals surface area contributed by atoms with E-state index in [-0.39, 0.29) is 0 Å². The van der Waals surface area contributed by atoms with E-state index in [9.17, 15) is 0 Å². The molecule has 2 heterocycles. The summed E-state index contributed by atoms with van der Waals surface area (Å²) in [6.07, 6.45) is 0. The van der Waals surface area contributed by atoms with E-state index in [2.05, 4.69) is 346 Å². The van der Waals surface area contributed by atoms with Crippen molar-refractivity contribution in [1.29, 1.82) is 0 Å². The zero-order valence-electron chi connectivity index (χ0n) is 53.3. The SMILES string of the molecule is c1ccc(-c2cc3oc4ccccc4c3cc2-c2c3ccccc3c(-c3ccc(-c4cccc5c(-c6cccc7c6oc6cc(-c8ccccc8)c(-c8c9ccccc9c(-c9ccc(-c%10ccc%11ccccc%11c%10)cc9)c9ccccc89)cc67)cccc45)cc3)c3ccccc23)cc1. The minimum Gasteiger partial charge on any atom is -0.456 e. The van der Waals surface area contributed by atoms with E-state index in [4.69, 9.17) is 8.83 Å². The molecule has 0 N–H and O–H groups in total. The van der Waals surface area contributed by atoms with Crippen LogP contribution in [0.4, 0.5) is 0 Å².